The van der Waals surface area contributed by atoms with Crippen LogP contribution in [0.2, 0.25) is 0 Å². The second-order valence-electron chi connectivity index (χ2n) is 17.2. The molecule has 0 bridgehead atoms. The minimum Gasteiger partial charge on any atom is -0.313 e. The van der Waals surface area contributed by atoms with Crippen molar-refractivity contribution in [3.05, 3.63) is 193 Å². The van der Waals surface area contributed by atoms with Crippen molar-refractivity contribution in [3.63, 3.8) is 0 Å². The summed E-state index contributed by atoms with van der Waals surface area (Å²) in [6, 6.07) is 61.8. The van der Waals surface area contributed by atoms with E-state index < -0.39 is 0 Å². The van der Waals surface area contributed by atoms with Crippen LogP contribution in [-0.2, 0) is 5.41 Å². The zero-order valence-electron chi connectivity index (χ0n) is 33.9. The maximum atomic E-state index is 2.53. The molecule has 2 aliphatic carbocycles. The van der Waals surface area contributed by atoms with E-state index >= 15 is 0 Å². The van der Waals surface area contributed by atoms with E-state index in [1.165, 1.54) is 101 Å². The molecule has 0 fully saturated rings. The van der Waals surface area contributed by atoms with E-state index in [2.05, 4.69) is 205 Å². The average molecular weight is 817 g/mol. The number of hydrogen-bond acceptors (Lipinski definition) is 3. The van der Waals surface area contributed by atoms with Crippen LogP contribution in [0.4, 0.5) is 17.1 Å². The van der Waals surface area contributed by atoms with E-state index in [0.717, 1.165) is 29.9 Å². The molecule has 0 amide bonds. The fourth-order valence-corrected chi connectivity index (χ4v) is 12.9. The lowest BCUT2D eigenvalue weighted by Gasteiger charge is -2.28. The molecule has 0 N–H and O–H groups in total. The molecule has 13 rings (SSSR count). The summed E-state index contributed by atoms with van der Waals surface area (Å²) in [5, 5.41) is 7.89. The monoisotopic (exact) mass is 816 g/mol. The Morgan fingerprint density at radius 1 is 0.492 bits per heavy atom. The first-order valence-corrected chi connectivity index (χ1v) is 22.9. The van der Waals surface area contributed by atoms with Gasteiger partial charge in [0.15, 0.2) is 0 Å². The summed E-state index contributed by atoms with van der Waals surface area (Å²) in [6.45, 7) is 4.75. The van der Waals surface area contributed by atoms with E-state index in [9.17, 15) is 0 Å². The van der Waals surface area contributed by atoms with Crippen molar-refractivity contribution in [2.75, 3.05) is 4.90 Å². The first kappa shape index (κ1) is 35.1. The third kappa shape index (κ3) is 5.19. The van der Waals surface area contributed by atoms with Crippen LogP contribution in [-0.4, -0.2) is 4.57 Å². The molecule has 3 heterocycles. The number of benzene rings is 8. The number of nitrogens with zero attached hydrogens (tertiary/aromatic N) is 2. The molecule has 2 nitrogen and oxygen atoms in total. The number of hydrogen-bond donors (Lipinski definition) is 0. The summed E-state index contributed by atoms with van der Waals surface area (Å²) >= 11 is 3.79. The normalized spacial score (nSPS) is 14.4. The number of anilines is 3. The summed E-state index contributed by atoms with van der Waals surface area (Å²) in [5.41, 5.74) is 15.1. The fourth-order valence-electron chi connectivity index (χ4n) is 10.5. The SMILES string of the molecule is CC1(C)c2ccccc2-c2ccc(N(c3ccc(-c4cccc5c4sc4ccccc45)cc3)c3ccc4c(c3)c3cc5sc6ccccc6c5cc3n4C3=CC=CCC3)cc21. The molecule has 11 aromatic rings. The highest BCUT2D eigenvalue weighted by atomic mass is 32.1. The number of allylic oxidation sites excluding steroid dienone is 4. The van der Waals surface area contributed by atoms with Gasteiger partial charge >= 0.3 is 0 Å². The molecule has 8 aromatic carbocycles. The largest absolute Gasteiger partial charge is 0.313 e. The number of thiophene rings is 2. The van der Waals surface area contributed by atoms with Gasteiger partial charge in [-0.05, 0) is 119 Å². The molecule has 0 saturated heterocycles. The standard InChI is InChI=1S/C57H40N2S2/c1-57(2)49-20-9-6-15-41(49)42-29-27-39(32-50(42)57)58(37-25-23-35(24-26-37)40-18-12-19-45-43-16-7-11-22-54(43)61-56(40)45)38-28-30-51-46(31-38)47-34-55-48(44-17-8-10-21-53(44)60-55)33-52(47)59(51)36-13-4-3-5-14-36/h3-4,6-13,15-34H,5,14H2,1-2H3. The van der Waals surface area contributed by atoms with Crippen LogP contribution < -0.4 is 4.90 Å². The van der Waals surface area contributed by atoms with Gasteiger partial charge in [-0.15, -0.1) is 22.7 Å². The summed E-state index contributed by atoms with van der Waals surface area (Å²) in [4.78, 5) is 2.48. The van der Waals surface area contributed by atoms with Gasteiger partial charge in [-0.3, -0.25) is 0 Å². The first-order chi connectivity index (χ1) is 30.0. The van der Waals surface area contributed by atoms with E-state index in [1.807, 2.05) is 22.7 Å². The third-order valence-corrected chi connectivity index (χ3v) is 15.8. The Kier molecular flexibility index (Phi) is 7.55. The number of fused-ring (bicyclic) bond motifs is 12. The van der Waals surface area contributed by atoms with Crippen LogP contribution in [0.3, 0.4) is 0 Å². The van der Waals surface area contributed by atoms with Crippen molar-refractivity contribution in [2.45, 2.75) is 32.1 Å². The number of aromatic nitrogens is 1. The van der Waals surface area contributed by atoms with E-state index in [1.54, 1.807) is 0 Å². The minimum atomic E-state index is -0.116. The predicted molar refractivity (Wildman–Crippen MR) is 266 cm³/mol. The molecule has 4 heteroatoms. The molecular weight excluding hydrogens is 777 g/mol. The lowest BCUT2D eigenvalue weighted by atomic mass is 9.82. The Morgan fingerprint density at radius 2 is 1.16 bits per heavy atom. The predicted octanol–water partition coefficient (Wildman–Crippen LogP) is 17.2. The first-order valence-electron chi connectivity index (χ1n) is 21.3. The smallest absolute Gasteiger partial charge is 0.0545 e. The van der Waals surface area contributed by atoms with E-state index in [-0.39, 0.29) is 5.41 Å². The van der Waals surface area contributed by atoms with Crippen LogP contribution in [0.25, 0.3) is 90.1 Å². The summed E-state index contributed by atoms with van der Waals surface area (Å²) in [5.74, 6) is 0. The molecular formula is C57H40N2S2. The molecule has 0 spiro atoms. The third-order valence-electron chi connectivity index (χ3n) is 13.5. The van der Waals surface area contributed by atoms with Gasteiger partial charge in [0.1, 0.15) is 0 Å². The van der Waals surface area contributed by atoms with Crippen molar-refractivity contribution in [1.82, 2.24) is 4.57 Å². The van der Waals surface area contributed by atoms with Crippen molar-refractivity contribution < 1.29 is 0 Å². The molecule has 0 radical (unpaired) electrons. The van der Waals surface area contributed by atoms with E-state index in [4.69, 9.17) is 0 Å². The van der Waals surface area contributed by atoms with Gasteiger partial charge < -0.3 is 9.47 Å². The highest BCUT2D eigenvalue weighted by Crippen LogP contribution is 2.51. The Labute approximate surface area is 362 Å². The zero-order valence-corrected chi connectivity index (χ0v) is 35.6. The van der Waals surface area contributed by atoms with Gasteiger partial charge in [0, 0.05) is 79.3 Å². The number of rotatable bonds is 5. The minimum absolute atomic E-state index is 0.116. The van der Waals surface area contributed by atoms with E-state index in [0.29, 0.717) is 0 Å². The Balaban J connectivity index is 1.02. The van der Waals surface area contributed by atoms with Crippen LogP contribution >= 0.6 is 22.7 Å². The quantitative estimate of drug-likeness (QED) is 0.168. The summed E-state index contributed by atoms with van der Waals surface area (Å²) in [7, 11) is 0. The van der Waals surface area contributed by atoms with Gasteiger partial charge in [-0.2, -0.15) is 0 Å². The zero-order chi connectivity index (χ0) is 40.4. The lowest BCUT2D eigenvalue weighted by Crippen LogP contribution is -2.16. The molecule has 3 aromatic heterocycles. The van der Waals surface area contributed by atoms with Crippen LogP contribution in [0.15, 0.2) is 182 Å². The molecule has 0 atom stereocenters. The maximum Gasteiger partial charge on any atom is 0.0545 e. The summed E-state index contributed by atoms with van der Waals surface area (Å²) in [6.07, 6.45) is 8.88. The second-order valence-corrected chi connectivity index (χ2v) is 19.3. The average Bonchev–Trinajstić information content (AvgIpc) is 4.03. The molecule has 2 aliphatic rings. The van der Waals surface area contributed by atoms with Crippen LogP contribution in [0, 0.1) is 0 Å². The summed E-state index contributed by atoms with van der Waals surface area (Å²) < 4.78 is 7.87. The highest BCUT2D eigenvalue weighted by Gasteiger charge is 2.36. The van der Waals surface area contributed by atoms with Gasteiger partial charge in [0.2, 0.25) is 0 Å². The van der Waals surface area contributed by atoms with Crippen molar-refractivity contribution in [2.24, 2.45) is 0 Å². The van der Waals surface area contributed by atoms with Crippen LogP contribution in [0.1, 0.15) is 37.8 Å². The highest BCUT2D eigenvalue weighted by molar-refractivity contribution is 7.26. The lowest BCUT2D eigenvalue weighted by molar-refractivity contribution is 0.660. The Bertz CT molecular complexity index is 3680. The van der Waals surface area contributed by atoms with Gasteiger partial charge in [0.05, 0.1) is 11.0 Å². The van der Waals surface area contributed by atoms with Gasteiger partial charge in [-0.25, -0.2) is 0 Å². The van der Waals surface area contributed by atoms with Gasteiger partial charge in [0.25, 0.3) is 0 Å². The molecule has 290 valence electrons. The maximum absolute atomic E-state index is 2.53. The second kappa shape index (κ2) is 13.1. The van der Waals surface area contributed by atoms with Crippen molar-refractivity contribution >= 4 is 108 Å². The van der Waals surface area contributed by atoms with Crippen molar-refractivity contribution in [1.29, 1.82) is 0 Å². The molecule has 0 unspecified atom stereocenters. The Hall–Kier alpha value is -6.72. The fraction of sp³-hybridized carbons (Fsp3) is 0.0877. The topological polar surface area (TPSA) is 8.17 Å². The molecule has 61 heavy (non-hydrogen) atoms. The Morgan fingerprint density at radius 3 is 2.00 bits per heavy atom. The molecule has 0 aliphatic heterocycles. The molecule has 0 saturated carbocycles. The van der Waals surface area contributed by atoms with Gasteiger partial charge in [-0.1, -0.05) is 123 Å². The van der Waals surface area contributed by atoms with Crippen LogP contribution in [0.5, 0.6) is 0 Å². The van der Waals surface area contributed by atoms with Crippen molar-refractivity contribution in [3.8, 4) is 22.3 Å².